The fourth-order valence-corrected chi connectivity index (χ4v) is 1.97. The zero-order valence-electron chi connectivity index (χ0n) is 8.79. The van der Waals surface area contributed by atoms with Gasteiger partial charge >= 0.3 is 0 Å². The number of pyridine rings is 1. The number of nitrogens with two attached hydrogens (primary N) is 1. The lowest BCUT2D eigenvalue weighted by atomic mass is 10.3. The zero-order valence-corrected chi connectivity index (χ0v) is 9.61. The van der Waals surface area contributed by atoms with Gasteiger partial charge in [0.2, 0.25) is 0 Å². The molecule has 0 atom stereocenters. The van der Waals surface area contributed by atoms with Crippen LogP contribution in [-0.2, 0) is 12.8 Å². The molecule has 0 radical (unpaired) electrons. The third-order valence-electron chi connectivity index (χ3n) is 2.01. The normalized spacial score (nSPS) is 10.4. The van der Waals surface area contributed by atoms with E-state index in [9.17, 15) is 0 Å². The maximum absolute atomic E-state index is 5.23. The first kappa shape index (κ1) is 10.9. The monoisotopic (exact) mass is 236 g/mol. The number of rotatable bonds is 4. The van der Waals surface area contributed by atoms with Crippen LogP contribution in [0.2, 0.25) is 0 Å². The minimum Gasteiger partial charge on any atom is -0.312 e. The van der Waals surface area contributed by atoms with Gasteiger partial charge in [0, 0.05) is 19.0 Å². The van der Waals surface area contributed by atoms with Gasteiger partial charge in [-0.3, -0.25) is 0 Å². The summed E-state index contributed by atoms with van der Waals surface area (Å²) in [5.41, 5.74) is 3.61. The molecular formula is C9H12N6S. The Balaban J connectivity index is 1.97. The Morgan fingerprint density at radius 3 is 2.94 bits per heavy atom. The van der Waals surface area contributed by atoms with Crippen LogP contribution < -0.4 is 11.3 Å². The Morgan fingerprint density at radius 1 is 1.50 bits per heavy atom. The average molecular weight is 236 g/mol. The van der Waals surface area contributed by atoms with Crippen molar-refractivity contribution >= 4 is 17.6 Å². The molecule has 6 nitrogen and oxygen atoms in total. The molecule has 0 saturated carbocycles. The number of thioether (sulfide) groups is 1. The predicted molar refractivity (Wildman–Crippen MR) is 62.6 cm³/mol. The standard InChI is InChI=1S/C9H12N6S/c1-15-6-12-14-9(15)16-5-7-2-3-8(13-10)11-4-7/h2-4,6H,5,10H2,1H3,(H,11,13). The molecule has 0 fully saturated rings. The Morgan fingerprint density at radius 2 is 2.38 bits per heavy atom. The molecule has 0 unspecified atom stereocenters. The van der Waals surface area contributed by atoms with Gasteiger partial charge in [-0.1, -0.05) is 17.8 Å². The Labute approximate surface area is 97.2 Å². The number of anilines is 1. The second-order valence-electron chi connectivity index (χ2n) is 3.21. The summed E-state index contributed by atoms with van der Waals surface area (Å²) >= 11 is 1.62. The van der Waals surface area contributed by atoms with Gasteiger partial charge in [0.1, 0.15) is 12.1 Å². The van der Waals surface area contributed by atoms with Gasteiger partial charge in [0.25, 0.3) is 0 Å². The molecule has 0 aromatic carbocycles. The van der Waals surface area contributed by atoms with Gasteiger partial charge in [-0.05, 0) is 11.6 Å². The van der Waals surface area contributed by atoms with E-state index >= 15 is 0 Å². The third-order valence-corrected chi connectivity index (χ3v) is 3.12. The van der Waals surface area contributed by atoms with Crippen LogP contribution in [0.3, 0.4) is 0 Å². The fraction of sp³-hybridized carbons (Fsp3) is 0.222. The molecule has 0 spiro atoms. The van der Waals surface area contributed by atoms with Crippen molar-refractivity contribution in [3.8, 4) is 0 Å². The highest BCUT2D eigenvalue weighted by Gasteiger charge is 2.02. The van der Waals surface area contributed by atoms with E-state index in [2.05, 4.69) is 20.6 Å². The smallest absolute Gasteiger partial charge is 0.191 e. The number of nitrogens with one attached hydrogen (secondary N) is 1. The van der Waals surface area contributed by atoms with Crippen LogP contribution >= 0.6 is 11.8 Å². The maximum Gasteiger partial charge on any atom is 0.191 e. The van der Waals surface area contributed by atoms with E-state index in [1.165, 1.54) is 0 Å². The summed E-state index contributed by atoms with van der Waals surface area (Å²) in [5, 5.41) is 8.69. The van der Waals surface area contributed by atoms with Crippen molar-refractivity contribution in [2.45, 2.75) is 10.9 Å². The van der Waals surface area contributed by atoms with Crippen LogP contribution in [0, 0.1) is 0 Å². The number of hydrogen-bond donors (Lipinski definition) is 2. The van der Waals surface area contributed by atoms with E-state index in [1.54, 1.807) is 24.3 Å². The van der Waals surface area contributed by atoms with Crippen LogP contribution in [0.1, 0.15) is 5.56 Å². The Hall–Kier alpha value is -1.60. The van der Waals surface area contributed by atoms with Gasteiger partial charge < -0.3 is 9.99 Å². The van der Waals surface area contributed by atoms with Crippen molar-refractivity contribution in [2.75, 3.05) is 5.43 Å². The van der Waals surface area contributed by atoms with E-state index in [0.29, 0.717) is 5.82 Å². The molecule has 16 heavy (non-hydrogen) atoms. The molecule has 84 valence electrons. The number of hydrazine groups is 1. The minimum atomic E-state index is 0.660. The first-order valence-electron chi connectivity index (χ1n) is 4.68. The summed E-state index contributed by atoms with van der Waals surface area (Å²) < 4.78 is 1.88. The van der Waals surface area contributed by atoms with E-state index in [4.69, 9.17) is 5.84 Å². The number of nitrogens with zero attached hydrogens (tertiary/aromatic N) is 4. The van der Waals surface area contributed by atoms with Crippen molar-refractivity contribution in [1.82, 2.24) is 19.7 Å². The highest BCUT2D eigenvalue weighted by Crippen LogP contribution is 2.19. The van der Waals surface area contributed by atoms with E-state index in [-0.39, 0.29) is 0 Å². The van der Waals surface area contributed by atoms with Crippen LogP contribution in [0.15, 0.2) is 29.8 Å². The Bertz CT molecular complexity index is 451. The van der Waals surface area contributed by atoms with Crippen molar-refractivity contribution < 1.29 is 0 Å². The summed E-state index contributed by atoms with van der Waals surface area (Å²) in [7, 11) is 1.92. The van der Waals surface area contributed by atoms with Crippen LogP contribution in [0.5, 0.6) is 0 Å². The minimum absolute atomic E-state index is 0.660. The second kappa shape index (κ2) is 4.95. The molecular weight excluding hydrogens is 224 g/mol. The van der Waals surface area contributed by atoms with E-state index < -0.39 is 0 Å². The van der Waals surface area contributed by atoms with Crippen molar-refractivity contribution in [3.05, 3.63) is 30.2 Å². The summed E-state index contributed by atoms with van der Waals surface area (Å²) in [6.07, 6.45) is 3.47. The summed E-state index contributed by atoms with van der Waals surface area (Å²) in [4.78, 5) is 4.13. The first-order valence-corrected chi connectivity index (χ1v) is 5.66. The topological polar surface area (TPSA) is 81.7 Å². The first-order chi connectivity index (χ1) is 7.79. The fourth-order valence-electron chi connectivity index (χ4n) is 1.15. The molecule has 2 aromatic heterocycles. The number of nitrogen functional groups attached to an aromatic ring is 1. The predicted octanol–water partition coefficient (Wildman–Crippen LogP) is 0.788. The highest BCUT2D eigenvalue weighted by molar-refractivity contribution is 7.98. The van der Waals surface area contributed by atoms with Gasteiger partial charge in [0.15, 0.2) is 5.16 Å². The van der Waals surface area contributed by atoms with Gasteiger partial charge in [-0.25, -0.2) is 10.8 Å². The van der Waals surface area contributed by atoms with Gasteiger partial charge in [-0.15, -0.1) is 10.2 Å². The quantitative estimate of drug-likeness (QED) is 0.464. The van der Waals surface area contributed by atoms with Gasteiger partial charge in [0.05, 0.1) is 0 Å². The summed E-state index contributed by atoms with van der Waals surface area (Å²) in [6, 6.07) is 3.82. The second-order valence-corrected chi connectivity index (χ2v) is 4.15. The molecule has 2 rings (SSSR count). The molecule has 0 saturated heterocycles. The third kappa shape index (κ3) is 2.50. The van der Waals surface area contributed by atoms with Crippen molar-refractivity contribution in [3.63, 3.8) is 0 Å². The number of aryl methyl sites for hydroxylation is 1. The van der Waals surface area contributed by atoms with Crippen molar-refractivity contribution in [1.29, 1.82) is 0 Å². The lowest BCUT2D eigenvalue weighted by Crippen LogP contribution is -2.08. The molecule has 0 aliphatic heterocycles. The molecule has 0 amide bonds. The SMILES string of the molecule is Cn1cnnc1SCc1ccc(NN)nc1. The van der Waals surface area contributed by atoms with Crippen LogP contribution in [-0.4, -0.2) is 19.7 Å². The van der Waals surface area contributed by atoms with E-state index in [1.807, 2.05) is 23.7 Å². The number of aromatic nitrogens is 4. The molecule has 0 aliphatic carbocycles. The average Bonchev–Trinajstić information content (AvgIpc) is 2.73. The van der Waals surface area contributed by atoms with Crippen molar-refractivity contribution in [2.24, 2.45) is 12.9 Å². The lowest BCUT2D eigenvalue weighted by molar-refractivity contribution is 0.788. The van der Waals surface area contributed by atoms with Gasteiger partial charge in [-0.2, -0.15) is 0 Å². The largest absolute Gasteiger partial charge is 0.312 e. The highest BCUT2D eigenvalue weighted by atomic mass is 32.2. The number of hydrogen-bond acceptors (Lipinski definition) is 6. The van der Waals surface area contributed by atoms with Crippen LogP contribution in [0.4, 0.5) is 5.82 Å². The molecule has 2 heterocycles. The molecule has 7 heteroatoms. The zero-order chi connectivity index (χ0) is 11.4. The molecule has 0 bridgehead atoms. The maximum atomic E-state index is 5.23. The lowest BCUT2D eigenvalue weighted by Gasteiger charge is -2.02. The Kier molecular flexibility index (Phi) is 3.37. The van der Waals surface area contributed by atoms with E-state index in [0.717, 1.165) is 16.5 Å². The molecule has 2 aromatic rings. The molecule has 0 aliphatic rings. The summed E-state index contributed by atoms with van der Waals surface area (Å²) in [5.74, 6) is 6.70. The van der Waals surface area contributed by atoms with Crippen LogP contribution in [0.25, 0.3) is 0 Å². The molecule has 3 N–H and O–H groups in total. The summed E-state index contributed by atoms with van der Waals surface area (Å²) in [6.45, 7) is 0.